The summed E-state index contributed by atoms with van der Waals surface area (Å²) >= 11 is 0. The Balaban J connectivity index is 1.41. The molecule has 0 saturated carbocycles. The predicted molar refractivity (Wildman–Crippen MR) is 97.3 cm³/mol. The van der Waals surface area contributed by atoms with Crippen LogP contribution in [0.3, 0.4) is 0 Å². The van der Waals surface area contributed by atoms with Crippen molar-refractivity contribution in [3.8, 4) is 5.75 Å². The summed E-state index contributed by atoms with van der Waals surface area (Å²) in [6, 6.07) is 10.9. The second-order valence-corrected chi connectivity index (χ2v) is 6.53. The van der Waals surface area contributed by atoms with Crippen LogP contribution in [-0.4, -0.2) is 44.8 Å². The molecule has 3 aromatic rings. The average Bonchev–Trinajstić information content (AvgIpc) is 3.05. The van der Waals surface area contributed by atoms with Gasteiger partial charge in [0.2, 0.25) is 0 Å². The molecule has 134 valence electrons. The van der Waals surface area contributed by atoms with E-state index in [9.17, 15) is 9.59 Å². The van der Waals surface area contributed by atoms with Crippen molar-refractivity contribution in [1.29, 1.82) is 0 Å². The maximum atomic E-state index is 12.5. The number of benzene rings is 1. The van der Waals surface area contributed by atoms with Crippen LogP contribution < -0.4 is 10.3 Å². The third-order valence-corrected chi connectivity index (χ3v) is 4.81. The smallest absolute Gasteiger partial charge is 0.274 e. The number of amides is 1. The highest BCUT2D eigenvalue weighted by molar-refractivity contribution is 5.92. The van der Waals surface area contributed by atoms with E-state index in [-0.39, 0.29) is 23.3 Å². The summed E-state index contributed by atoms with van der Waals surface area (Å²) in [6.07, 6.45) is 3.63. The van der Waals surface area contributed by atoms with E-state index in [4.69, 9.17) is 4.74 Å². The molecular formula is C19H20N4O3. The van der Waals surface area contributed by atoms with Crippen LogP contribution in [-0.2, 0) is 7.05 Å². The zero-order valence-corrected chi connectivity index (χ0v) is 14.5. The Hall–Kier alpha value is -3.09. The van der Waals surface area contributed by atoms with Crippen LogP contribution in [0.2, 0.25) is 0 Å². The molecule has 1 aromatic carbocycles. The first-order chi connectivity index (χ1) is 12.6. The molecule has 0 aliphatic carbocycles. The molecule has 0 unspecified atom stereocenters. The van der Waals surface area contributed by atoms with Gasteiger partial charge in [0.25, 0.3) is 11.5 Å². The lowest BCUT2D eigenvalue weighted by Crippen LogP contribution is -2.42. The van der Waals surface area contributed by atoms with Crippen LogP contribution in [0, 0.1) is 0 Å². The third-order valence-electron chi connectivity index (χ3n) is 4.81. The number of aryl methyl sites for hydroxylation is 1. The number of nitrogens with one attached hydrogen (secondary N) is 1. The molecule has 1 aliphatic rings. The maximum absolute atomic E-state index is 12.5. The molecule has 3 heterocycles. The first kappa shape index (κ1) is 16.4. The van der Waals surface area contributed by atoms with Gasteiger partial charge >= 0.3 is 0 Å². The molecule has 0 spiro atoms. The van der Waals surface area contributed by atoms with Crippen molar-refractivity contribution < 1.29 is 9.53 Å². The Labute approximate surface area is 150 Å². The number of piperidine rings is 1. The van der Waals surface area contributed by atoms with Crippen molar-refractivity contribution in [2.24, 2.45) is 7.05 Å². The summed E-state index contributed by atoms with van der Waals surface area (Å²) in [5.41, 5.74) is 1.08. The zero-order chi connectivity index (χ0) is 18.1. The van der Waals surface area contributed by atoms with E-state index in [1.807, 2.05) is 25.4 Å². The number of aromatic nitrogens is 3. The Morgan fingerprint density at radius 3 is 2.73 bits per heavy atom. The fourth-order valence-corrected chi connectivity index (χ4v) is 3.36. The van der Waals surface area contributed by atoms with Gasteiger partial charge in [-0.25, -0.2) is 5.10 Å². The number of rotatable bonds is 3. The minimum absolute atomic E-state index is 0.0772. The van der Waals surface area contributed by atoms with Crippen molar-refractivity contribution in [3.63, 3.8) is 0 Å². The van der Waals surface area contributed by atoms with Crippen LogP contribution >= 0.6 is 0 Å². The molecule has 2 aromatic heterocycles. The molecule has 0 radical (unpaired) electrons. The lowest BCUT2D eigenvalue weighted by Gasteiger charge is -2.32. The Morgan fingerprint density at radius 2 is 2.00 bits per heavy atom. The normalized spacial score (nSPS) is 15.3. The highest BCUT2D eigenvalue weighted by atomic mass is 16.5. The van der Waals surface area contributed by atoms with Crippen molar-refractivity contribution in [2.45, 2.75) is 18.9 Å². The van der Waals surface area contributed by atoms with E-state index >= 15 is 0 Å². The number of nitrogens with zero attached hydrogens (tertiary/aromatic N) is 3. The second-order valence-electron chi connectivity index (χ2n) is 6.53. The molecule has 1 fully saturated rings. The molecule has 1 amide bonds. The molecule has 7 heteroatoms. The van der Waals surface area contributed by atoms with Gasteiger partial charge in [-0.05, 0) is 24.3 Å². The summed E-state index contributed by atoms with van der Waals surface area (Å²) in [5, 5.41) is 7.22. The van der Waals surface area contributed by atoms with E-state index in [0.717, 1.165) is 29.5 Å². The number of aromatic amines is 1. The van der Waals surface area contributed by atoms with Crippen LogP contribution in [0.15, 0.2) is 47.4 Å². The predicted octanol–water partition coefficient (Wildman–Crippen LogP) is 1.95. The van der Waals surface area contributed by atoms with Crippen molar-refractivity contribution >= 4 is 16.8 Å². The molecule has 1 saturated heterocycles. The van der Waals surface area contributed by atoms with Gasteiger partial charge in [0.05, 0.1) is 5.52 Å². The van der Waals surface area contributed by atoms with Gasteiger partial charge in [-0.1, -0.05) is 6.07 Å². The van der Waals surface area contributed by atoms with E-state index in [1.165, 1.54) is 12.1 Å². The first-order valence-electron chi connectivity index (χ1n) is 8.67. The van der Waals surface area contributed by atoms with Crippen LogP contribution in [0.1, 0.15) is 23.3 Å². The van der Waals surface area contributed by atoms with E-state index in [1.54, 1.807) is 4.90 Å². The Bertz CT molecular complexity index is 979. The molecule has 26 heavy (non-hydrogen) atoms. The van der Waals surface area contributed by atoms with Gasteiger partial charge in [-0.3, -0.25) is 9.59 Å². The minimum atomic E-state index is -0.316. The van der Waals surface area contributed by atoms with Gasteiger partial charge in [0.15, 0.2) is 0 Å². The van der Waals surface area contributed by atoms with Gasteiger partial charge in [-0.15, -0.1) is 0 Å². The van der Waals surface area contributed by atoms with Crippen LogP contribution in [0.4, 0.5) is 0 Å². The number of H-pyrrole nitrogens is 1. The molecule has 0 bridgehead atoms. The lowest BCUT2D eigenvalue weighted by molar-refractivity contribution is 0.0591. The zero-order valence-electron chi connectivity index (χ0n) is 14.5. The summed E-state index contributed by atoms with van der Waals surface area (Å²) in [4.78, 5) is 25.3. The number of hydrogen-bond donors (Lipinski definition) is 1. The van der Waals surface area contributed by atoms with Crippen molar-refractivity contribution in [2.75, 3.05) is 13.1 Å². The lowest BCUT2D eigenvalue weighted by atomic mass is 10.1. The molecular weight excluding hydrogens is 332 g/mol. The number of hydrogen-bond acceptors (Lipinski definition) is 4. The van der Waals surface area contributed by atoms with Gasteiger partial charge in [0, 0.05) is 50.6 Å². The van der Waals surface area contributed by atoms with Gasteiger partial charge in [-0.2, -0.15) is 5.10 Å². The summed E-state index contributed by atoms with van der Waals surface area (Å²) in [7, 11) is 2.01. The molecule has 7 nitrogen and oxygen atoms in total. The standard InChI is InChI=1S/C19H20N4O3/c1-22-10-9-14-16(22)3-2-4-17(14)26-13-7-11-23(12-8-13)19(25)15-5-6-18(24)21-20-15/h2-6,9-10,13H,7-8,11-12H2,1H3,(H,21,24). The number of carbonyl (C=O) groups excluding carboxylic acids is 1. The number of likely N-dealkylation sites (tertiary alicyclic amines) is 1. The second kappa shape index (κ2) is 6.67. The first-order valence-corrected chi connectivity index (χ1v) is 8.67. The Morgan fingerprint density at radius 1 is 1.19 bits per heavy atom. The van der Waals surface area contributed by atoms with E-state index in [2.05, 4.69) is 26.9 Å². The summed E-state index contributed by atoms with van der Waals surface area (Å²) < 4.78 is 8.29. The maximum Gasteiger partial charge on any atom is 0.274 e. The minimum Gasteiger partial charge on any atom is -0.490 e. The fourth-order valence-electron chi connectivity index (χ4n) is 3.36. The highest BCUT2D eigenvalue weighted by Crippen LogP contribution is 2.28. The molecule has 1 aliphatic heterocycles. The van der Waals surface area contributed by atoms with E-state index in [0.29, 0.717) is 13.1 Å². The van der Waals surface area contributed by atoms with Gasteiger partial charge < -0.3 is 14.2 Å². The molecule has 0 atom stereocenters. The monoisotopic (exact) mass is 352 g/mol. The van der Waals surface area contributed by atoms with Crippen LogP contribution in [0.25, 0.3) is 10.9 Å². The van der Waals surface area contributed by atoms with Crippen molar-refractivity contribution in [3.05, 3.63) is 58.6 Å². The fraction of sp³-hybridized carbons (Fsp3) is 0.316. The largest absolute Gasteiger partial charge is 0.490 e. The average molecular weight is 352 g/mol. The Kier molecular flexibility index (Phi) is 4.20. The third kappa shape index (κ3) is 3.08. The summed E-state index contributed by atoms with van der Waals surface area (Å²) in [5.74, 6) is 0.722. The molecule has 4 rings (SSSR count). The van der Waals surface area contributed by atoms with Crippen LogP contribution in [0.5, 0.6) is 5.75 Å². The topological polar surface area (TPSA) is 80.2 Å². The quantitative estimate of drug-likeness (QED) is 0.781. The SMILES string of the molecule is Cn1ccc2c(OC3CCN(C(=O)c4ccc(=O)[nH]n4)CC3)cccc21. The number of ether oxygens (including phenoxy) is 1. The molecule has 1 N–H and O–H groups in total. The summed E-state index contributed by atoms with van der Waals surface area (Å²) in [6.45, 7) is 1.21. The van der Waals surface area contributed by atoms with Crippen molar-refractivity contribution in [1.82, 2.24) is 19.7 Å². The van der Waals surface area contributed by atoms with Gasteiger partial charge in [0.1, 0.15) is 17.5 Å². The number of fused-ring (bicyclic) bond motifs is 1. The van der Waals surface area contributed by atoms with E-state index < -0.39 is 0 Å². The highest BCUT2D eigenvalue weighted by Gasteiger charge is 2.26. The number of carbonyl (C=O) groups is 1.